The molecule has 0 aromatic heterocycles. The number of carbonyl (C=O) groups excluding carboxylic acids is 1. The monoisotopic (exact) mass is 322 g/mol. The summed E-state index contributed by atoms with van der Waals surface area (Å²) < 4.78 is 17.8. The molecule has 0 bridgehead atoms. The molecular formula is C13H30N2O5Si. The maximum absolute atomic E-state index is 10.5. The zero-order valence-electron chi connectivity index (χ0n) is 11.8. The van der Waals surface area contributed by atoms with Gasteiger partial charge in [0.25, 0.3) is 0 Å². The zero-order valence-corrected chi connectivity index (χ0v) is 12.8. The number of carbonyl (C=O) groups is 1. The first-order valence-electron chi connectivity index (χ1n) is 6.23. The Hall–Kier alpha value is -0.963. The lowest BCUT2D eigenvalue weighted by Gasteiger charge is -2.24. The number of carboxylic acid groups (broad SMARTS) is 1. The third-order valence-electron chi connectivity index (χ3n) is 3.19. The molecule has 1 rings (SSSR count). The molecule has 7 nitrogen and oxygen atoms in total. The topological polar surface area (TPSA) is 74.1 Å². The molecule has 0 atom stereocenters. The van der Waals surface area contributed by atoms with Crippen molar-refractivity contribution in [3.63, 3.8) is 0 Å². The molecule has 0 aliphatic carbocycles. The summed E-state index contributed by atoms with van der Waals surface area (Å²) in [7, 11) is 2.31. The molecule has 0 amide bonds. The molecule has 0 aromatic rings. The summed E-state index contributed by atoms with van der Waals surface area (Å²) in [5.74, 6) is -1.05. The largest absolute Gasteiger partial charge is 0.546 e. The van der Waals surface area contributed by atoms with Gasteiger partial charge in [0.15, 0.2) is 0 Å². The van der Waals surface area contributed by atoms with E-state index in [1.54, 1.807) is 25.9 Å². The first kappa shape index (κ1) is 22.3. The summed E-state index contributed by atoms with van der Waals surface area (Å²) >= 11 is 0. The smallest absolute Gasteiger partial charge is 0.500 e. The lowest BCUT2D eigenvalue weighted by molar-refractivity contribution is -0.514. The van der Waals surface area contributed by atoms with E-state index in [1.807, 2.05) is 6.34 Å². The van der Waals surface area contributed by atoms with E-state index in [0.29, 0.717) is 0 Å². The van der Waals surface area contributed by atoms with Gasteiger partial charge in [-0.05, 0) is 6.42 Å². The van der Waals surface area contributed by atoms with Gasteiger partial charge in [-0.2, -0.15) is 0 Å². The van der Waals surface area contributed by atoms with Crippen molar-refractivity contribution in [3.8, 4) is 0 Å². The molecule has 0 aromatic carbocycles. The fourth-order valence-corrected chi connectivity index (χ4v) is 3.82. The molecule has 0 saturated carbocycles. The Morgan fingerprint density at radius 2 is 1.86 bits per heavy atom. The molecule has 0 radical (unpaired) electrons. The van der Waals surface area contributed by atoms with Crippen LogP contribution in [0.25, 0.3) is 0 Å². The average molecular weight is 322 g/mol. The molecule has 0 unspecified atom stereocenters. The molecule has 1 heterocycles. The van der Waals surface area contributed by atoms with Crippen molar-refractivity contribution >= 4 is 21.1 Å². The predicted molar refractivity (Wildman–Crippen MR) is 82.3 cm³/mol. The van der Waals surface area contributed by atoms with Crippen molar-refractivity contribution in [1.82, 2.24) is 4.90 Å². The Morgan fingerprint density at radius 1 is 1.29 bits per heavy atom. The molecule has 0 saturated heterocycles. The number of hydrogen-bond donors (Lipinski definition) is 0. The van der Waals surface area contributed by atoms with E-state index in [9.17, 15) is 9.90 Å². The van der Waals surface area contributed by atoms with Gasteiger partial charge in [-0.25, -0.2) is 0 Å². The predicted octanol–water partition coefficient (Wildman–Crippen LogP) is -0.367. The summed E-state index contributed by atoms with van der Waals surface area (Å²) in [6.07, 6.45) is 2.71. The van der Waals surface area contributed by atoms with E-state index >= 15 is 0 Å². The van der Waals surface area contributed by atoms with Gasteiger partial charge >= 0.3 is 8.80 Å². The highest BCUT2D eigenvalue weighted by atomic mass is 28.4. The third-order valence-corrected chi connectivity index (χ3v) is 6.03. The molecule has 21 heavy (non-hydrogen) atoms. The summed E-state index contributed by atoms with van der Waals surface area (Å²) in [6, 6.07) is 0.737. The van der Waals surface area contributed by atoms with Crippen molar-refractivity contribution in [1.29, 1.82) is 0 Å². The third kappa shape index (κ3) is 7.03. The Kier molecular flexibility index (Phi) is 11.4. The van der Waals surface area contributed by atoms with Crippen molar-refractivity contribution < 1.29 is 27.8 Å². The minimum absolute atomic E-state index is 0. The first-order chi connectivity index (χ1) is 9.05. The van der Waals surface area contributed by atoms with E-state index in [1.165, 1.54) is 0 Å². The van der Waals surface area contributed by atoms with Crippen molar-refractivity contribution in [3.05, 3.63) is 0 Å². The van der Waals surface area contributed by atoms with Gasteiger partial charge in [0, 0.05) is 27.4 Å². The first-order valence-corrected chi connectivity index (χ1v) is 8.17. The molecular weight excluding hydrogens is 292 g/mol. The second-order valence-electron chi connectivity index (χ2n) is 4.39. The molecule has 126 valence electrons. The van der Waals surface area contributed by atoms with Gasteiger partial charge in [0.05, 0.1) is 12.5 Å². The summed E-state index contributed by atoms with van der Waals surface area (Å²) in [4.78, 5) is 12.6. The quantitative estimate of drug-likeness (QED) is 0.426. The van der Waals surface area contributed by atoms with Crippen LogP contribution in [0, 0.1) is 0 Å². The maximum Gasteiger partial charge on any atom is 0.500 e. The number of carboxylic acids is 1. The summed E-state index contributed by atoms with van der Waals surface area (Å²) in [6.45, 7) is 2.32. The van der Waals surface area contributed by atoms with Crippen LogP contribution in [0.15, 0.2) is 0 Å². The Bertz CT molecular complexity index is 326. The van der Waals surface area contributed by atoms with Gasteiger partial charge in [-0.15, -0.1) is 0 Å². The fourth-order valence-electron chi connectivity index (χ4n) is 2.11. The van der Waals surface area contributed by atoms with Crippen LogP contribution in [-0.4, -0.2) is 78.1 Å². The maximum atomic E-state index is 10.5. The fraction of sp³-hybridized carbons (Fsp3) is 0.846. The molecule has 0 fully saturated rings. The highest BCUT2D eigenvalue weighted by molar-refractivity contribution is 6.60. The molecule has 0 spiro atoms. The standard InChI is InChI=1S/C11H22N2O5Si.2CH4/c1-16-19(17-2,18-3)8-4-5-12-6-7-13(10-12)9-11(14)15;;/h10H,4-9H2,1-3H3;2*1H4. The summed E-state index contributed by atoms with van der Waals surface area (Å²) in [5, 5.41) is 10.5. The lowest BCUT2D eigenvalue weighted by atomic mass is 10.4. The van der Waals surface area contributed by atoms with Crippen molar-refractivity contribution in [2.75, 3.05) is 47.5 Å². The minimum Gasteiger partial charge on any atom is -0.546 e. The Morgan fingerprint density at radius 3 is 2.33 bits per heavy atom. The molecule has 0 N–H and O–H groups in total. The van der Waals surface area contributed by atoms with Crippen LogP contribution >= 0.6 is 0 Å². The normalized spacial score (nSPS) is 14.2. The molecule has 1 aliphatic heterocycles. The van der Waals surface area contributed by atoms with E-state index in [0.717, 1.165) is 32.1 Å². The number of nitrogens with zero attached hydrogens (tertiary/aromatic N) is 2. The second-order valence-corrected chi connectivity index (χ2v) is 7.48. The highest BCUT2D eigenvalue weighted by Crippen LogP contribution is 2.15. The van der Waals surface area contributed by atoms with Crippen molar-refractivity contribution in [2.24, 2.45) is 0 Å². The van der Waals surface area contributed by atoms with E-state index < -0.39 is 14.8 Å². The average Bonchev–Trinajstić information content (AvgIpc) is 2.82. The van der Waals surface area contributed by atoms with E-state index in [2.05, 4.69) is 4.90 Å². The van der Waals surface area contributed by atoms with E-state index in [-0.39, 0.29) is 21.4 Å². The van der Waals surface area contributed by atoms with Crippen LogP contribution in [0.3, 0.4) is 0 Å². The van der Waals surface area contributed by atoms with Crippen LogP contribution in [0.2, 0.25) is 6.04 Å². The van der Waals surface area contributed by atoms with Crippen LogP contribution in [0.4, 0.5) is 0 Å². The van der Waals surface area contributed by atoms with Gasteiger partial charge in [-0.1, -0.05) is 14.9 Å². The number of rotatable bonds is 9. The van der Waals surface area contributed by atoms with Gasteiger partial charge in [-0.3, -0.25) is 9.48 Å². The van der Waals surface area contributed by atoms with Crippen LogP contribution in [-0.2, 0) is 18.1 Å². The molecule has 1 aliphatic rings. The van der Waals surface area contributed by atoms with Crippen molar-refractivity contribution in [2.45, 2.75) is 27.3 Å². The summed E-state index contributed by atoms with van der Waals surface area (Å²) in [5.41, 5.74) is 0. The SMILES string of the molecule is C.C.CO[Si](CCCN1C=[N+](CC(=O)[O-])CC1)(OC)OC. The molecule has 8 heteroatoms. The Labute approximate surface area is 129 Å². The lowest BCUT2D eigenvalue weighted by Crippen LogP contribution is -2.43. The highest BCUT2D eigenvalue weighted by Gasteiger charge is 2.37. The van der Waals surface area contributed by atoms with Gasteiger partial charge in [0.2, 0.25) is 6.34 Å². The number of hydrogen-bond acceptors (Lipinski definition) is 6. The van der Waals surface area contributed by atoms with E-state index in [4.69, 9.17) is 13.3 Å². The van der Waals surface area contributed by atoms with Crippen LogP contribution in [0.1, 0.15) is 21.3 Å². The minimum atomic E-state index is -2.49. The second kappa shape index (κ2) is 10.7. The zero-order chi connectivity index (χ0) is 14.3. The van der Waals surface area contributed by atoms with Crippen LogP contribution in [0.5, 0.6) is 0 Å². The van der Waals surface area contributed by atoms with Gasteiger partial charge < -0.3 is 23.2 Å². The Balaban J connectivity index is 0. The van der Waals surface area contributed by atoms with Crippen LogP contribution < -0.4 is 5.11 Å². The number of aliphatic carboxylic acids is 1. The van der Waals surface area contributed by atoms with Gasteiger partial charge in [0.1, 0.15) is 19.6 Å².